The number of anilines is 1. The largest absolute Gasteiger partial charge is 0.465 e. The van der Waals surface area contributed by atoms with Crippen LogP contribution in [0.4, 0.5) is 5.69 Å². The number of carbonyl (C=O) groups excluding carboxylic acids is 2. The maximum absolute atomic E-state index is 14.1. The number of rotatable bonds is 2. The van der Waals surface area contributed by atoms with E-state index in [-0.39, 0.29) is 11.9 Å². The van der Waals surface area contributed by atoms with Gasteiger partial charge in [-0.05, 0) is 68.5 Å². The minimum atomic E-state index is -0.426. The fourth-order valence-corrected chi connectivity index (χ4v) is 7.83. The molecule has 6 nitrogen and oxygen atoms in total. The summed E-state index contributed by atoms with van der Waals surface area (Å²) in [6, 6.07) is 12.7. The number of hydrogen-bond donors (Lipinski definition) is 0. The van der Waals surface area contributed by atoms with Gasteiger partial charge in [0.2, 0.25) is 5.91 Å². The molecule has 37 heavy (non-hydrogen) atoms. The summed E-state index contributed by atoms with van der Waals surface area (Å²) in [5, 5.41) is 1.25. The van der Waals surface area contributed by atoms with Gasteiger partial charge >= 0.3 is 5.97 Å². The summed E-state index contributed by atoms with van der Waals surface area (Å²) in [5.41, 5.74) is 7.50. The van der Waals surface area contributed by atoms with E-state index in [1.54, 1.807) is 0 Å². The molecule has 1 unspecified atom stereocenters. The lowest BCUT2D eigenvalue weighted by Crippen LogP contribution is -2.42. The highest BCUT2D eigenvalue weighted by Gasteiger charge is 2.54. The van der Waals surface area contributed by atoms with Gasteiger partial charge in [-0.15, -0.1) is 0 Å². The highest BCUT2D eigenvalue weighted by Crippen LogP contribution is 2.54. The number of nitrogens with zero attached hydrogens (tertiary/aromatic N) is 3. The number of fused-ring (bicyclic) bond motifs is 5. The summed E-state index contributed by atoms with van der Waals surface area (Å²) < 4.78 is 7.52. The number of ether oxygens (including phenoxy) is 1. The molecule has 1 atom stereocenters. The number of carbonyl (C=O) groups is 2. The van der Waals surface area contributed by atoms with Gasteiger partial charge in [-0.2, -0.15) is 0 Å². The monoisotopic (exact) mass is 497 g/mol. The van der Waals surface area contributed by atoms with Crippen molar-refractivity contribution in [2.75, 3.05) is 38.7 Å². The van der Waals surface area contributed by atoms with Crippen LogP contribution in [-0.4, -0.2) is 55.1 Å². The zero-order chi connectivity index (χ0) is 25.3. The van der Waals surface area contributed by atoms with Crippen molar-refractivity contribution in [1.82, 2.24) is 9.47 Å². The molecule has 7 rings (SSSR count). The van der Waals surface area contributed by atoms with Gasteiger partial charge in [-0.25, -0.2) is 4.79 Å². The number of esters is 1. The zero-order valence-corrected chi connectivity index (χ0v) is 21.9. The molecule has 2 aromatic carbocycles. The maximum atomic E-state index is 14.1. The van der Waals surface area contributed by atoms with Crippen molar-refractivity contribution >= 4 is 28.5 Å². The van der Waals surface area contributed by atoms with Crippen LogP contribution < -0.4 is 4.90 Å². The molecule has 192 valence electrons. The zero-order valence-electron chi connectivity index (χ0n) is 21.9. The van der Waals surface area contributed by atoms with Crippen LogP contribution in [0.2, 0.25) is 0 Å². The van der Waals surface area contributed by atoms with Crippen LogP contribution in [0.25, 0.3) is 22.2 Å². The van der Waals surface area contributed by atoms with Crippen molar-refractivity contribution in [3.05, 3.63) is 53.1 Å². The van der Waals surface area contributed by atoms with E-state index >= 15 is 0 Å². The summed E-state index contributed by atoms with van der Waals surface area (Å²) in [6.45, 7) is 3.29. The molecule has 1 aliphatic carbocycles. The van der Waals surface area contributed by atoms with E-state index in [4.69, 9.17) is 4.74 Å². The van der Waals surface area contributed by atoms with Gasteiger partial charge < -0.3 is 19.1 Å². The molecular formula is C31H35N3O3. The molecule has 3 aromatic rings. The summed E-state index contributed by atoms with van der Waals surface area (Å²) in [4.78, 5) is 31.0. The Labute approximate surface area is 218 Å². The molecule has 1 saturated carbocycles. The van der Waals surface area contributed by atoms with Crippen LogP contribution in [0.15, 0.2) is 36.4 Å². The quantitative estimate of drug-likeness (QED) is 0.441. The van der Waals surface area contributed by atoms with E-state index < -0.39 is 5.41 Å². The summed E-state index contributed by atoms with van der Waals surface area (Å²) in [6.07, 6.45) is 7.96. The molecule has 6 heteroatoms. The average molecular weight is 498 g/mol. The van der Waals surface area contributed by atoms with Crippen LogP contribution in [-0.2, 0) is 21.5 Å². The minimum absolute atomic E-state index is 0.288. The van der Waals surface area contributed by atoms with Gasteiger partial charge in [-0.1, -0.05) is 43.5 Å². The van der Waals surface area contributed by atoms with E-state index in [2.05, 4.69) is 45.7 Å². The van der Waals surface area contributed by atoms with Crippen molar-refractivity contribution in [2.24, 2.45) is 0 Å². The molecule has 3 aliphatic heterocycles. The van der Waals surface area contributed by atoms with Crippen molar-refractivity contribution in [3.63, 3.8) is 0 Å². The molecule has 1 aromatic heterocycles. The Kier molecular flexibility index (Phi) is 5.26. The summed E-state index contributed by atoms with van der Waals surface area (Å²) in [5.74, 6) is 0.479. The van der Waals surface area contributed by atoms with Gasteiger partial charge in [0.1, 0.15) is 0 Å². The Balaban J connectivity index is 1.53. The van der Waals surface area contributed by atoms with Crippen LogP contribution in [0.3, 0.4) is 0 Å². The predicted octanol–water partition coefficient (Wildman–Crippen LogP) is 5.47. The first-order valence-corrected chi connectivity index (χ1v) is 13.9. The van der Waals surface area contributed by atoms with E-state index in [1.165, 1.54) is 67.0 Å². The highest BCUT2D eigenvalue weighted by atomic mass is 16.5. The first kappa shape index (κ1) is 23.0. The molecule has 0 bridgehead atoms. The third-order valence-corrected chi connectivity index (χ3v) is 9.49. The van der Waals surface area contributed by atoms with Gasteiger partial charge in [0.25, 0.3) is 0 Å². The fourth-order valence-electron chi connectivity index (χ4n) is 7.83. The van der Waals surface area contributed by atoms with Crippen LogP contribution in [0.1, 0.15) is 72.3 Å². The molecule has 1 spiro atoms. The lowest BCUT2D eigenvalue weighted by Gasteiger charge is -2.28. The average Bonchev–Trinajstić information content (AvgIpc) is 3.54. The second-order valence-corrected chi connectivity index (χ2v) is 11.6. The SMILES string of the molecule is COC(=O)c1ccc2c(C3CCCCC3)c3n(c2c1)CCCN1C(=O)C2(CCN(C)C2)c2cccc-3c21. The van der Waals surface area contributed by atoms with Crippen molar-refractivity contribution in [3.8, 4) is 11.3 Å². The molecule has 1 saturated heterocycles. The lowest BCUT2D eigenvalue weighted by molar-refractivity contribution is -0.122. The summed E-state index contributed by atoms with van der Waals surface area (Å²) in [7, 11) is 3.57. The Morgan fingerprint density at radius 3 is 2.62 bits per heavy atom. The first-order valence-electron chi connectivity index (χ1n) is 13.9. The number of para-hydroxylation sites is 1. The van der Waals surface area contributed by atoms with Crippen molar-refractivity contribution < 1.29 is 14.3 Å². The lowest BCUT2D eigenvalue weighted by atomic mass is 9.79. The van der Waals surface area contributed by atoms with Gasteiger partial charge in [-0.3, -0.25) is 4.79 Å². The Hall–Kier alpha value is -3.12. The summed E-state index contributed by atoms with van der Waals surface area (Å²) >= 11 is 0. The number of methoxy groups -OCH3 is 1. The maximum Gasteiger partial charge on any atom is 0.337 e. The molecular weight excluding hydrogens is 462 g/mol. The smallest absolute Gasteiger partial charge is 0.337 e. The highest BCUT2D eigenvalue weighted by molar-refractivity contribution is 6.13. The second-order valence-electron chi connectivity index (χ2n) is 11.6. The topological polar surface area (TPSA) is 54.8 Å². The van der Waals surface area contributed by atoms with E-state index in [9.17, 15) is 9.59 Å². The third kappa shape index (κ3) is 3.21. The standard InChI is InChI=1S/C31H35N3O3/c1-32-17-14-31(19-32)24-11-6-10-23-27(24)34(30(31)36)16-7-15-33-25-18-21(29(35)37-2)12-13-22(25)26(28(23)33)20-8-4-3-5-9-20/h6,10-13,18,20H,3-5,7-9,14-17,19H2,1-2H3. The number of likely N-dealkylation sites (tertiary alicyclic amines) is 1. The number of benzene rings is 2. The van der Waals surface area contributed by atoms with E-state index in [0.717, 1.165) is 50.2 Å². The number of amides is 1. The third-order valence-electron chi connectivity index (χ3n) is 9.49. The Morgan fingerprint density at radius 1 is 1.03 bits per heavy atom. The second kappa shape index (κ2) is 8.45. The van der Waals surface area contributed by atoms with Crippen LogP contribution >= 0.6 is 0 Å². The van der Waals surface area contributed by atoms with Gasteiger partial charge in [0.05, 0.1) is 29.5 Å². The number of hydrogen-bond acceptors (Lipinski definition) is 4. The molecule has 4 aliphatic rings. The Morgan fingerprint density at radius 2 is 1.86 bits per heavy atom. The van der Waals surface area contributed by atoms with Crippen LogP contribution in [0.5, 0.6) is 0 Å². The fraction of sp³-hybridized carbons (Fsp3) is 0.484. The normalized spacial score (nSPS) is 23.8. The van der Waals surface area contributed by atoms with Crippen molar-refractivity contribution in [1.29, 1.82) is 0 Å². The van der Waals surface area contributed by atoms with E-state index in [1.807, 2.05) is 12.1 Å². The first-order chi connectivity index (χ1) is 18.0. The molecule has 0 radical (unpaired) electrons. The molecule has 2 fully saturated rings. The predicted molar refractivity (Wildman–Crippen MR) is 145 cm³/mol. The number of aromatic nitrogens is 1. The number of aryl methyl sites for hydroxylation is 1. The Bertz CT molecular complexity index is 1430. The van der Waals surface area contributed by atoms with Gasteiger partial charge in [0, 0.05) is 36.1 Å². The number of likely N-dealkylation sites (N-methyl/N-ethyl adjacent to an activating group) is 1. The molecule has 0 N–H and O–H groups in total. The molecule has 1 amide bonds. The van der Waals surface area contributed by atoms with Crippen molar-refractivity contribution in [2.45, 2.75) is 62.8 Å². The van der Waals surface area contributed by atoms with Gasteiger partial charge in [0.15, 0.2) is 0 Å². The van der Waals surface area contributed by atoms with E-state index in [0.29, 0.717) is 11.5 Å². The van der Waals surface area contributed by atoms with Crippen LogP contribution in [0, 0.1) is 0 Å². The minimum Gasteiger partial charge on any atom is -0.465 e. The molecule has 4 heterocycles.